The summed E-state index contributed by atoms with van der Waals surface area (Å²) in [6.45, 7) is 9.74. The summed E-state index contributed by atoms with van der Waals surface area (Å²) in [4.78, 5) is 7.27. The molecule has 1 atom stereocenters. The van der Waals surface area contributed by atoms with E-state index in [9.17, 15) is 0 Å². The molecule has 1 fully saturated rings. The first-order valence-electron chi connectivity index (χ1n) is 9.99. The molecule has 1 aliphatic heterocycles. The normalized spacial score (nSPS) is 17.3. The van der Waals surface area contributed by atoms with Crippen LogP contribution in [0.15, 0.2) is 41.7 Å². The topological polar surface area (TPSA) is 70.4 Å². The Morgan fingerprint density at radius 1 is 1.22 bits per heavy atom. The Kier molecular flexibility index (Phi) is 7.07. The molecule has 1 unspecified atom stereocenters. The van der Waals surface area contributed by atoms with E-state index in [1.165, 1.54) is 12.1 Å². The summed E-state index contributed by atoms with van der Waals surface area (Å²) in [6.07, 6.45) is 3.88. The standard InChI is InChI=1S/C20H31N7/c1-3-19-25-24-16-27(19)13-11-22-20(21-4-2)23-14-17-10-12-26(15-17)18-8-6-5-7-9-18/h5-9,16-17H,3-4,10-15H2,1-2H3,(H2,21,22,23). The summed E-state index contributed by atoms with van der Waals surface area (Å²) in [5.74, 6) is 2.51. The molecule has 1 aromatic carbocycles. The molecular weight excluding hydrogens is 338 g/mol. The zero-order valence-electron chi connectivity index (χ0n) is 16.4. The van der Waals surface area contributed by atoms with E-state index in [1.54, 1.807) is 6.33 Å². The number of anilines is 1. The Morgan fingerprint density at radius 2 is 2.07 bits per heavy atom. The van der Waals surface area contributed by atoms with E-state index in [1.807, 2.05) is 0 Å². The number of aromatic nitrogens is 3. The third kappa shape index (κ3) is 5.45. The van der Waals surface area contributed by atoms with Crippen LogP contribution >= 0.6 is 0 Å². The monoisotopic (exact) mass is 369 g/mol. The van der Waals surface area contributed by atoms with Gasteiger partial charge in [0.1, 0.15) is 12.2 Å². The summed E-state index contributed by atoms with van der Waals surface area (Å²) in [5, 5.41) is 14.9. The first-order valence-corrected chi connectivity index (χ1v) is 9.99. The highest BCUT2D eigenvalue weighted by Gasteiger charge is 2.22. The number of nitrogens with one attached hydrogen (secondary N) is 2. The van der Waals surface area contributed by atoms with E-state index in [-0.39, 0.29) is 0 Å². The van der Waals surface area contributed by atoms with Crippen molar-refractivity contribution < 1.29 is 0 Å². The number of hydrogen-bond donors (Lipinski definition) is 2. The number of nitrogens with zero attached hydrogens (tertiary/aromatic N) is 5. The van der Waals surface area contributed by atoms with Crippen LogP contribution < -0.4 is 15.5 Å². The number of para-hydroxylation sites is 1. The van der Waals surface area contributed by atoms with Gasteiger partial charge < -0.3 is 20.1 Å². The van der Waals surface area contributed by atoms with Crippen molar-refractivity contribution in [3.05, 3.63) is 42.5 Å². The maximum absolute atomic E-state index is 4.81. The van der Waals surface area contributed by atoms with Gasteiger partial charge in [-0.15, -0.1) is 10.2 Å². The second-order valence-electron chi connectivity index (χ2n) is 6.88. The van der Waals surface area contributed by atoms with Crippen molar-refractivity contribution in [2.24, 2.45) is 10.9 Å². The second kappa shape index (κ2) is 9.94. The van der Waals surface area contributed by atoms with E-state index in [0.717, 1.165) is 57.5 Å². The molecule has 0 aliphatic carbocycles. The van der Waals surface area contributed by atoms with Gasteiger partial charge in [0.2, 0.25) is 0 Å². The molecule has 7 heteroatoms. The van der Waals surface area contributed by atoms with Crippen molar-refractivity contribution in [3.63, 3.8) is 0 Å². The largest absolute Gasteiger partial charge is 0.371 e. The van der Waals surface area contributed by atoms with E-state index in [2.05, 4.69) is 74.5 Å². The minimum Gasteiger partial charge on any atom is -0.371 e. The molecule has 2 aromatic rings. The molecule has 0 amide bonds. The maximum Gasteiger partial charge on any atom is 0.191 e. The van der Waals surface area contributed by atoms with E-state index in [4.69, 9.17) is 4.99 Å². The lowest BCUT2D eigenvalue weighted by Crippen LogP contribution is -2.39. The van der Waals surface area contributed by atoms with Crippen molar-refractivity contribution in [2.75, 3.05) is 37.6 Å². The molecule has 3 rings (SSSR count). The summed E-state index contributed by atoms with van der Waals surface area (Å²) < 4.78 is 2.09. The van der Waals surface area contributed by atoms with Gasteiger partial charge in [-0.25, -0.2) is 0 Å². The molecule has 1 aliphatic rings. The second-order valence-corrected chi connectivity index (χ2v) is 6.88. The highest BCUT2D eigenvalue weighted by Crippen LogP contribution is 2.23. The predicted molar refractivity (Wildman–Crippen MR) is 110 cm³/mol. The Morgan fingerprint density at radius 3 is 2.85 bits per heavy atom. The summed E-state index contributed by atoms with van der Waals surface area (Å²) in [5.41, 5.74) is 1.31. The van der Waals surface area contributed by atoms with E-state index < -0.39 is 0 Å². The fourth-order valence-corrected chi connectivity index (χ4v) is 3.45. The van der Waals surface area contributed by atoms with Gasteiger partial charge in [0.05, 0.1) is 0 Å². The van der Waals surface area contributed by atoms with Gasteiger partial charge in [0.15, 0.2) is 5.96 Å². The van der Waals surface area contributed by atoms with Gasteiger partial charge in [-0.3, -0.25) is 4.99 Å². The van der Waals surface area contributed by atoms with Crippen LogP contribution in [-0.4, -0.2) is 53.4 Å². The van der Waals surface area contributed by atoms with Crippen molar-refractivity contribution in [1.29, 1.82) is 0 Å². The molecule has 0 radical (unpaired) electrons. The average molecular weight is 370 g/mol. The van der Waals surface area contributed by atoms with Crippen LogP contribution in [-0.2, 0) is 13.0 Å². The summed E-state index contributed by atoms with van der Waals surface area (Å²) >= 11 is 0. The maximum atomic E-state index is 4.81. The van der Waals surface area contributed by atoms with Crippen LogP contribution in [0.4, 0.5) is 5.69 Å². The van der Waals surface area contributed by atoms with Crippen LogP contribution in [0.5, 0.6) is 0 Å². The number of aliphatic imine (C=N–C) groups is 1. The molecule has 0 spiro atoms. The molecule has 7 nitrogen and oxygen atoms in total. The number of rotatable bonds is 8. The van der Waals surface area contributed by atoms with Gasteiger partial charge in [0.25, 0.3) is 0 Å². The van der Waals surface area contributed by atoms with E-state index >= 15 is 0 Å². The van der Waals surface area contributed by atoms with Gasteiger partial charge in [-0.1, -0.05) is 25.1 Å². The van der Waals surface area contributed by atoms with Crippen molar-refractivity contribution >= 4 is 11.6 Å². The van der Waals surface area contributed by atoms with Crippen LogP contribution in [0.25, 0.3) is 0 Å². The average Bonchev–Trinajstić information content (AvgIpc) is 3.36. The zero-order chi connectivity index (χ0) is 18.9. The molecule has 1 saturated heterocycles. The Balaban J connectivity index is 1.47. The third-order valence-electron chi connectivity index (χ3n) is 4.92. The number of benzene rings is 1. The van der Waals surface area contributed by atoms with Gasteiger partial charge in [-0.05, 0) is 31.4 Å². The Bertz CT molecular complexity index is 710. The zero-order valence-corrected chi connectivity index (χ0v) is 16.4. The molecule has 146 valence electrons. The van der Waals surface area contributed by atoms with Gasteiger partial charge >= 0.3 is 0 Å². The Hall–Kier alpha value is -2.57. The number of guanidine groups is 1. The quantitative estimate of drug-likeness (QED) is 0.550. The fourth-order valence-electron chi connectivity index (χ4n) is 3.45. The first kappa shape index (κ1) is 19.2. The Labute approximate surface area is 161 Å². The van der Waals surface area contributed by atoms with Crippen LogP contribution in [0, 0.1) is 5.92 Å². The minimum absolute atomic E-state index is 0.602. The van der Waals surface area contributed by atoms with Crippen LogP contribution in [0.1, 0.15) is 26.1 Å². The van der Waals surface area contributed by atoms with Crippen LogP contribution in [0.2, 0.25) is 0 Å². The fraction of sp³-hybridized carbons (Fsp3) is 0.550. The first-order chi connectivity index (χ1) is 13.3. The lowest BCUT2D eigenvalue weighted by atomic mass is 10.1. The molecule has 2 heterocycles. The minimum atomic E-state index is 0.602. The van der Waals surface area contributed by atoms with Crippen LogP contribution in [0.3, 0.4) is 0 Å². The molecule has 1 aromatic heterocycles. The highest BCUT2D eigenvalue weighted by molar-refractivity contribution is 5.79. The number of hydrogen-bond acceptors (Lipinski definition) is 4. The highest BCUT2D eigenvalue weighted by atomic mass is 15.3. The van der Waals surface area contributed by atoms with Crippen molar-refractivity contribution in [1.82, 2.24) is 25.4 Å². The summed E-state index contributed by atoms with van der Waals surface area (Å²) in [6, 6.07) is 10.7. The van der Waals surface area contributed by atoms with Crippen molar-refractivity contribution in [2.45, 2.75) is 33.2 Å². The summed E-state index contributed by atoms with van der Waals surface area (Å²) in [7, 11) is 0. The SMILES string of the molecule is CCNC(=NCC1CCN(c2ccccc2)C1)NCCn1cnnc1CC. The lowest BCUT2D eigenvalue weighted by Gasteiger charge is -2.18. The van der Waals surface area contributed by atoms with E-state index in [0.29, 0.717) is 5.92 Å². The third-order valence-corrected chi connectivity index (χ3v) is 4.92. The molecule has 0 saturated carbocycles. The smallest absolute Gasteiger partial charge is 0.191 e. The van der Waals surface area contributed by atoms with Gasteiger partial charge in [0, 0.05) is 51.4 Å². The van der Waals surface area contributed by atoms with Crippen molar-refractivity contribution in [3.8, 4) is 0 Å². The predicted octanol–water partition coefficient (Wildman–Crippen LogP) is 1.92. The molecule has 27 heavy (non-hydrogen) atoms. The number of aryl methyl sites for hydroxylation is 1. The van der Waals surface area contributed by atoms with Gasteiger partial charge in [-0.2, -0.15) is 0 Å². The lowest BCUT2D eigenvalue weighted by molar-refractivity contribution is 0.594. The molecular formula is C20H31N7. The molecule has 0 bridgehead atoms. The molecule has 2 N–H and O–H groups in total.